The summed E-state index contributed by atoms with van der Waals surface area (Å²) < 4.78 is 10.5. The summed E-state index contributed by atoms with van der Waals surface area (Å²) in [5.74, 6) is 0.426. The summed E-state index contributed by atoms with van der Waals surface area (Å²) in [4.78, 5) is 16.1. The van der Waals surface area contributed by atoms with Crippen LogP contribution in [0, 0.1) is 13.8 Å². The number of hydrogen-bond donors (Lipinski definition) is 1. The third-order valence-electron chi connectivity index (χ3n) is 4.07. The predicted octanol–water partition coefficient (Wildman–Crippen LogP) is 2.16. The van der Waals surface area contributed by atoms with Crippen LogP contribution in [-0.2, 0) is 4.74 Å². The zero-order valence-electron chi connectivity index (χ0n) is 13.4. The quantitative estimate of drug-likeness (QED) is 0.907. The van der Waals surface area contributed by atoms with Crippen molar-refractivity contribution in [2.75, 3.05) is 32.8 Å². The van der Waals surface area contributed by atoms with Crippen LogP contribution in [0.25, 0.3) is 0 Å². The Kier molecular flexibility index (Phi) is 5.09. The molecule has 0 aromatic carbocycles. The number of carbonyl (C=O) groups excluding carboxylic acids is 1. The third kappa shape index (κ3) is 3.63. The highest BCUT2D eigenvalue weighted by Gasteiger charge is 2.25. The molecule has 3 heterocycles. The number of rotatable bonds is 5. The van der Waals surface area contributed by atoms with Gasteiger partial charge in [-0.1, -0.05) is 11.2 Å². The molecule has 0 unspecified atom stereocenters. The fraction of sp³-hybridized carbons (Fsp3) is 0.500. The summed E-state index contributed by atoms with van der Waals surface area (Å²) in [5, 5.41) is 8.95. The smallest absolute Gasteiger partial charge is 0.256 e. The van der Waals surface area contributed by atoms with Crippen LogP contribution in [0.1, 0.15) is 32.7 Å². The van der Waals surface area contributed by atoms with E-state index in [1.807, 2.05) is 6.07 Å². The Hall–Kier alpha value is -1.70. The van der Waals surface area contributed by atoms with Crippen LogP contribution >= 0.6 is 11.3 Å². The van der Waals surface area contributed by atoms with Gasteiger partial charge in [0.05, 0.1) is 24.9 Å². The molecule has 1 amide bonds. The Morgan fingerprint density at radius 2 is 2.22 bits per heavy atom. The van der Waals surface area contributed by atoms with Crippen molar-refractivity contribution < 1.29 is 14.1 Å². The van der Waals surface area contributed by atoms with Gasteiger partial charge in [-0.15, -0.1) is 11.3 Å². The Morgan fingerprint density at radius 1 is 1.43 bits per heavy atom. The molecule has 124 valence electrons. The number of aromatic nitrogens is 1. The zero-order chi connectivity index (χ0) is 16.2. The van der Waals surface area contributed by atoms with E-state index in [9.17, 15) is 4.79 Å². The number of aryl methyl sites for hydroxylation is 2. The van der Waals surface area contributed by atoms with Gasteiger partial charge in [-0.2, -0.15) is 0 Å². The number of morpholine rings is 1. The van der Waals surface area contributed by atoms with E-state index in [1.54, 1.807) is 25.2 Å². The van der Waals surface area contributed by atoms with Crippen molar-refractivity contribution in [2.45, 2.75) is 19.9 Å². The summed E-state index contributed by atoms with van der Waals surface area (Å²) in [5.41, 5.74) is 1.16. The molecule has 0 spiro atoms. The van der Waals surface area contributed by atoms with E-state index >= 15 is 0 Å². The van der Waals surface area contributed by atoms with E-state index in [1.165, 1.54) is 4.88 Å². The summed E-state index contributed by atoms with van der Waals surface area (Å²) in [7, 11) is 0. The first kappa shape index (κ1) is 16.2. The Bertz CT molecular complexity index is 628. The molecule has 1 fully saturated rings. The second-order valence-corrected chi connectivity index (χ2v) is 6.57. The van der Waals surface area contributed by atoms with Gasteiger partial charge >= 0.3 is 0 Å². The SMILES string of the molecule is Cc1noc(C)c1C(=O)NC[C@H](c1cccs1)N1CCOCC1. The van der Waals surface area contributed by atoms with Gasteiger partial charge in [-0.3, -0.25) is 9.69 Å². The molecule has 0 saturated carbocycles. The van der Waals surface area contributed by atoms with E-state index in [2.05, 4.69) is 26.8 Å². The van der Waals surface area contributed by atoms with Crippen LogP contribution in [0.4, 0.5) is 0 Å². The summed E-state index contributed by atoms with van der Waals surface area (Å²) >= 11 is 1.72. The topological polar surface area (TPSA) is 67.6 Å². The minimum Gasteiger partial charge on any atom is -0.379 e. The van der Waals surface area contributed by atoms with Gasteiger partial charge in [-0.05, 0) is 25.3 Å². The van der Waals surface area contributed by atoms with Gasteiger partial charge in [0, 0.05) is 24.5 Å². The number of thiophene rings is 1. The fourth-order valence-corrected chi connectivity index (χ4v) is 3.73. The van der Waals surface area contributed by atoms with Crippen LogP contribution in [0.5, 0.6) is 0 Å². The normalized spacial score (nSPS) is 17.1. The van der Waals surface area contributed by atoms with Crippen LogP contribution in [0.2, 0.25) is 0 Å². The Balaban J connectivity index is 1.70. The average Bonchev–Trinajstić information content (AvgIpc) is 3.19. The average molecular weight is 335 g/mol. The Morgan fingerprint density at radius 3 is 2.83 bits per heavy atom. The summed E-state index contributed by atoms with van der Waals surface area (Å²) in [6.07, 6.45) is 0. The van der Waals surface area contributed by atoms with Gasteiger partial charge in [0.2, 0.25) is 0 Å². The van der Waals surface area contributed by atoms with E-state index in [4.69, 9.17) is 9.26 Å². The van der Waals surface area contributed by atoms with Gasteiger partial charge in [0.1, 0.15) is 11.3 Å². The van der Waals surface area contributed by atoms with Crippen molar-refractivity contribution in [3.8, 4) is 0 Å². The number of nitrogens with zero attached hydrogens (tertiary/aromatic N) is 2. The second kappa shape index (κ2) is 7.25. The molecule has 1 atom stereocenters. The van der Waals surface area contributed by atoms with Crippen LogP contribution in [0.15, 0.2) is 22.0 Å². The largest absolute Gasteiger partial charge is 0.379 e. The second-order valence-electron chi connectivity index (χ2n) is 5.59. The number of amides is 1. The maximum Gasteiger partial charge on any atom is 0.256 e. The first-order valence-corrected chi connectivity index (χ1v) is 8.61. The van der Waals surface area contributed by atoms with Crippen molar-refractivity contribution in [2.24, 2.45) is 0 Å². The minimum atomic E-state index is -0.129. The van der Waals surface area contributed by atoms with Crippen molar-refractivity contribution in [1.82, 2.24) is 15.4 Å². The summed E-state index contributed by atoms with van der Waals surface area (Å²) in [6, 6.07) is 4.33. The molecule has 1 aliphatic rings. The van der Waals surface area contributed by atoms with Crippen LogP contribution in [-0.4, -0.2) is 48.8 Å². The molecule has 0 bridgehead atoms. The predicted molar refractivity (Wildman–Crippen MR) is 87.8 cm³/mol. The summed E-state index contributed by atoms with van der Waals surface area (Å²) in [6.45, 7) is 7.33. The molecule has 23 heavy (non-hydrogen) atoms. The lowest BCUT2D eigenvalue weighted by Gasteiger charge is -2.34. The lowest BCUT2D eigenvalue weighted by molar-refractivity contribution is 0.0169. The molecule has 0 aliphatic carbocycles. The standard InChI is InChI=1S/C16H21N3O3S/c1-11-15(12(2)22-18-11)16(20)17-10-13(14-4-3-9-23-14)19-5-7-21-8-6-19/h3-4,9,13H,5-8,10H2,1-2H3,(H,17,20)/t13-/m1/s1. The number of hydrogen-bond acceptors (Lipinski definition) is 6. The van der Waals surface area contributed by atoms with Gasteiger partial charge in [0.25, 0.3) is 5.91 Å². The first-order valence-electron chi connectivity index (χ1n) is 7.73. The fourth-order valence-electron chi connectivity index (χ4n) is 2.86. The van der Waals surface area contributed by atoms with E-state index < -0.39 is 0 Å². The van der Waals surface area contributed by atoms with Crippen molar-refractivity contribution in [1.29, 1.82) is 0 Å². The van der Waals surface area contributed by atoms with Crippen LogP contribution in [0.3, 0.4) is 0 Å². The number of carbonyl (C=O) groups is 1. The van der Waals surface area contributed by atoms with Crippen molar-refractivity contribution in [3.63, 3.8) is 0 Å². The molecule has 1 N–H and O–H groups in total. The van der Waals surface area contributed by atoms with E-state index in [-0.39, 0.29) is 11.9 Å². The molecule has 3 rings (SSSR count). The lowest BCUT2D eigenvalue weighted by atomic mass is 10.1. The zero-order valence-corrected chi connectivity index (χ0v) is 14.2. The Labute approximate surface area is 139 Å². The van der Waals surface area contributed by atoms with Crippen LogP contribution < -0.4 is 5.32 Å². The maximum atomic E-state index is 12.5. The molecule has 0 radical (unpaired) electrons. The molecule has 1 aliphatic heterocycles. The maximum absolute atomic E-state index is 12.5. The number of nitrogens with one attached hydrogen (secondary N) is 1. The molecular formula is C16H21N3O3S. The first-order chi connectivity index (χ1) is 11.2. The molecule has 6 nitrogen and oxygen atoms in total. The highest BCUT2D eigenvalue weighted by molar-refractivity contribution is 7.10. The molecule has 2 aromatic rings. The van der Waals surface area contributed by atoms with Gasteiger partial charge < -0.3 is 14.6 Å². The lowest BCUT2D eigenvalue weighted by Crippen LogP contribution is -2.43. The van der Waals surface area contributed by atoms with Gasteiger partial charge in [-0.25, -0.2) is 0 Å². The third-order valence-corrected chi connectivity index (χ3v) is 5.05. The molecule has 2 aromatic heterocycles. The van der Waals surface area contributed by atoms with Crippen molar-refractivity contribution in [3.05, 3.63) is 39.4 Å². The molecular weight excluding hydrogens is 314 g/mol. The molecule has 1 saturated heterocycles. The highest BCUT2D eigenvalue weighted by Crippen LogP contribution is 2.25. The van der Waals surface area contributed by atoms with Gasteiger partial charge in [0.15, 0.2) is 0 Å². The highest BCUT2D eigenvalue weighted by atomic mass is 32.1. The monoisotopic (exact) mass is 335 g/mol. The van der Waals surface area contributed by atoms with Crippen molar-refractivity contribution >= 4 is 17.2 Å². The molecule has 7 heteroatoms. The van der Waals surface area contributed by atoms with E-state index in [0.29, 0.717) is 23.6 Å². The number of ether oxygens (including phenoxy) is 1. The van der Waals surface area contributed by atoms with E-state index in [0.717, 1.165) is 26.3 Å². The minimum absolute atomic E-state index is 0.129.